The largest absolute Gasteiger partial charge is 0.376 e. The summed E-state index contributed by atoms with van der Waals surface area (Å²) in [6.07, 6.45) is -0.401. The summed E-state index contributed by atoms with van der Waals surface area (Å²) in [5, 5.41) is 2.68. The minimum absolute atomic E-state index is 0. The van der Waals surface area contributed by atoms with Gasteiger partial charge in [-0.05, 0) is 31.9 Å². The van der Waals surface area contributed by atoms with Gasteiger partial charge in [-0.2, -0.15) is 0 Å². The van der Waals surface area contributed by atoms with Crippen molar-refractivity contribution in [2.24, 2.45) is 5.73 Å². The third-order valence-electron chi connectivity index (χ3n) is 4.25. The third kappa shape index (κ3) is 6.35. The number of amides is 2. The molecule has 3 N–H and O–H groups in total. The first kappa shape index (κ1) is 24.2. The van der Waals surface area contributed by atoms with Crippen LogP contribution in [0, 0.1) is 17.5 Å². The number of hydrogen-bond donors (Lipinski definition) is 2. The predicted octanol–water partition coefficient (Wildman–Crippen LogP) is 1.54. The van der Waals surface area contributed by atoms with Gasteiger partial charge in [0.2, 0.25) is 11.8 Å². The van der Waals surface area contributed by atoms with Crippen molar-refractivity contribution in [1.29, 1.82) is 0 Å². The van der Waals surface area contributed by atoms with Crippen LogP contribution in [0.1, 0.15) is 25.8 Å². The van der Waals surface area contributed by atoms with Crippen molar-refractivity contribution in [3.05, 3.63) is 35.1 Å². The zero-order valence-electron chi connectivity index (χ0n) is 15.7. The lowest BCUT2D eigenvalue weighted by Gasteiger charge is -2.35. The molecule has 0 spiro atoms. The number of hydrogen-bond acceptors (Lipinski definition) is 4. The monoisotopic (exact) mass is 423 g/mol. The molecule has 2 atom stereocenters. The Labute approximate surface area is 168 Å². The first-order valence-electron chi connectivity index (χ1n) is 8.76. The topological polar surface area (TPSA) is 84.7 Å². The van der Waals surface area contributed by atoms with Crippen molar-refractivity contribution in [2.45, 2.75) is 44.9 Å². The molecular weight excluding hydrogens is 399 g/mol. The predicted molar refractivity (Wildman–Crippen MR) is 99.5 cm³/mol. The van der Waals surface area contributed by atoms with E-state index in [1.807, 2.05) is 13.8 Å². The minimum atomic E-state index is -1.28. The summed E-state index contributed by atoms with van der Waals surface area (Å²) in [4.78, 5) is 26.0. The Hall–Kier alpha value is -1.84. The van der Waals surface area contributed by atoms with Gasteiger partial charge in [-0.3, -0.25) is 9.59 Å². The number of rotatable bonds is 7. The molecule has 1 aromatic carbocycles. The number of nitrogens with one attached hydrogen (secondary N) is 1. The molecule has 28 heavy (non-hydrogen) atoms. The summed E-state index contributed by atoms with van der Waals surface area (Å²) in [5.74, 6) is -4.07. The minimum Gasteiger partial charge on any atom is -0.376 e. The molecule has 1 aliphatic rings. The highest BCUT2D eigenvalue weighted by Gasteiger charge is 2.34. The molecule has 1 heterocycles. The number of nitrogens with zero attached hydrogens (tertiary/aromatic N) is 1. The van der Waals surface area contributed by atoms with Crippen LogP contribution in [0.2, 0.25) is 0 Å². The molecule has 0 saturated carbocycles. The van der Waals surface area contributed by atoms with Crippen LogP contribution < -0.4 is 11.1 Å². The molecule has 1 aromatic rings. The van der Waals surface area contributed by atoms with Crippen LogP contribution in [0.4, 0.5) is 13.2 Å². The molecule has 0 bridgehead atoms. The van der Waals surface area contributed by atoms with Crippen molar-refractivity contribution in [3.63, 3.8) is 0 Å². The fourth-order valence-corrected chi connectivity index (χ4v) is 2.88. The fraction of sp³-hybridized carbons (Fsp3) is 0.556. The summed E-state index contributed by atoms with van der Waals surface area (Å²) in [6.45, 7) is 4.32. The van der Waals surface area contributed by atoms with Gasteiger partial charge in [0.1, 0.15) is 11.9 Å². The van der Waals surface area contributed by atoms with E-state index >= 15 is 0 Å². The van der Waals surface area contributed by atoms with Gasteiger partial charge < -0.3 is 20.7 Å². The number of ether oxygens (including phenoxy) is 1. The molecular formula is C18H25ClF3N3O3. The van der Waals surface area contributed by atoms with Crippen LogP contribution in [0.15, 0.2) is 12.1 Å². The molecule has 0 aromatic heterocycles. The molecule has 2 amide bonds. The van der Waals surface area contributed by atoms with Crippen LogP contribution in [-0.2, 0) is 20.7 Å². The second-order valence-electron chi connectivity index (χ2n) is 6.80. The normalized spacial score (nSPS) is 17.9. The van der Waals surface area contributed by atoms with Crippen LogP contribution in [0.3, 0.4) is 0 Å². The van der Waals surface area contributed by atoms with E-state index in [1.54, 1.807) is 0 Å². The summed E-state index contributed by atoms with van der Waals surface area (Å²) in [6, 6.07) is -0.384. The Morgan fingerprint density at radius 3 is 2.57 bits per heavy atom. The molecule has 0 radical (unpaired) electrons. The Bertz CT molecular complexity index is 706. The average Bonchev–Trinajstić information content (AvgIpc) is 2.58. The number of nitrogens with two attached hydrogens (primary N) is 1. The van der Waals surface area contributed by atoms with Crippen molar-refractivity contribution in [1.82, 2.24) is 10.2 Å². The molecule has 158 valence electrons. The van der Waals surface area contributed by atoms with Crippen molar-refractivity contribution in [3.8, 4) is 0 Å². The first-order valence-corrected chi connectivity index (χ1v) is 8.76. The second-order valence-corrected chi connectivity index (χ2v) is 6.80. The zero-order chi connectivity index (χ0) is 20.1. The van der Waals surface area contributed by atoms with Gasteiger partial charge in [0.15, 0.2) is 11.6 Å². The maximum Gasteiger partial charge on any atom is 0.245 e. The van der Waals surface area contributed by atoms with E-state index in [-0.39, 0.29) is 55.3 Å². The number of benzene rings is 1. The molecule has 10 heteroatoms. The molecule has 6 nitrogen and oxygen atoms in total. The molecule has 2 unspecified atom stereocenters. The molecule has 1 fully saturated rings. The maximum absolute atomic E-state index is 13.7. The van der Waals surface area contributed by atoms with E-state index in [0.717, 1.165) is 6.07 Å². The van der Waals surface area contributed by atoms with E-state index in [2.05, 4.69) is 5.32 Å². The summed E-state index contributed by atoms with van der Waals surface area (Å²) >= 11 is 0. The van der Waals surface area contributed by atoms with E-state index in [9.17, 15) is 22.8 Å². The molecule has 2 rings (SSSR count). The third-order valence-corrected chi connectivity index (χ3v) is 4.25. The average molecular weight is 424 g/mol. The highest BCUT2D eigenvalue weighted by molar-refractivity contribution is 5.89. The van der Waals surface area contributed by atoms with Crippen LogP contribution in [0.5, 0.6) is 0 Å². The molecule has 0 aliphatic carbocycles. The number of piperazine rings is 1. The van der Waals surface area contributed by atoms with Gasteiger partial charge in [-0.1, -0.05) is 0 Å². The van der Waals surface area contributed by atoms with Crippen molar-refractivity contribution < 1.29 is 27.5 Å². The Morgan fingerprint density at radius 2 is 1.93 bits per heavy atom. The quantitative estimate of drug-likeness (QED) is 0.651. The van der Waals surface area contributed by atoms with Crippen LogP contribution in [-0.4, -0.2) is 54.6 Å². The van der Waals surface area contributed by atoms with Crippen LogP contribution >= 0.6 is 12.4 Å². The number of carbonyl (C=O) groups is 2. The number of halogens is 4. The Kier molecular flexibility index (Phi) is 9.19. The van der Waals surface area contributed by atoms with Crippen LogP contribution in [0.25, 0.3) is 0 Å². The Morgan fingerprint density at radius 1 is 1.29 bits per heavy atom. The van der Waals surface area contributed by atoms with Gasteiger partial charge in [-0.25, -0.2) is 13.2 Å². The van der Waals surface area contributed by atoms with Gasteiger partial charge >= 0.3 is 0 Å². The first-order chi connectivity index (χ1) is 12.7. The lowest BCUT2D eigenvalue weighted by Crippen LogP contribution is -2.59. The SMILES string of the molecule is CC(C)OCC1C(=O)NCCN1C(=O)CC(N)Cc1cc(F)c(F)cc1F.Cl. The van der Waals surface area contributed by atoms with E-state index in [0.29, 0.717) is 19.2 Å². The standard InChI is InChI=1S/C18H24F3N3O3.ClH/c1-10(2)27-9-16-18(26)23-3-4-24(16)17(25)7-12(22)5-11-6-14(20)15(21)8-13(11)19;/h6,8,10,12,16H,3-5,7,9,22H2,1-2H3,(H,23,26);1H. The van der Waals surface area contributed by atoms with Gasteiger partial charge in [0.05, 0.1) is 12.7 Å². The van der Waals surface area contributed by atoms with Gasteiger partial charge in [0.25, 0.3) is 0 Å². The zero-order valence-corrected chi connectivity index (χ0v) is 16.5. The van der Waals surface area contributed by atoms with E-state index in [1.165, 1.54) is 4.90 Å². The molecule has 1 aliphatic heterocycles. The van der Waals surface area contributed by atoms with E-state index in [4.69, 9.17) is 10.5 Å². The smallest absolute Gasteiger partial charge is 0.245 e. The second kappa shape index (κ2) is 10.6. The van der Waals surface area contributed by atoms with Crippen molar-refractivity contribution in [2.75, 3.05) is 19.7 Å². The fourth-order valence-electron chi connectivity index (χ4n) is 2.88. The lowest BCUT2D eigenvalue weighted by atomic mass is 10.0. The van der Waals surface area contributed by atoms with Gasteiger partial charge in [0, 0.05) is 31.6 Å². The molecule has 1 saturated heterocycles. The summed E-state index contributed by atoms with van der Waals surface area (Å²) < 4.78 is 45.5. The summed E-state index contributed by atoms with van der Waals surface area (Å²) in [5.41, 5.74) is 5.80. The summed E-state index contributed by atoms with van der Waals surface area (Å²) in [7, 11) is 0. The highest BCUT2D eigenvalue weighted by Crippen LogP contribution is 2.17. The van der Waals surface area contributed by atoms with E-state index < -0.39 is 29.5 Å². The Balaban J connectivity index is 0.00000392. The van der Waals surface area contributed by atoms with Crippen molar-refractivity contribution >= 4 is 24.2 Å². The maximum atomic E-state index is 13.7. The van der Waals surface area contributed by atoms with Gasteiger partial charge in [-0.15, -0.1) is 12.4 Å². The lowest BCUT2D eigenvalue weighted by molar-refractivity contribution is -0.146. The number of carbonyl (C=O) groups excluding carboxylic acids is 2. The highest BCUT2D eigenvalue weighted by atomic mass is 35.5.